The van der Waals surface area contributed by atoms with Crippen molar-refractivity contribution in [2.24, 2.45) is 16.6 Å². The molecule has 144 valence electrons. The Balaban J connectivity index is 0.00000338. The summed E-state index contributed by atoms with van der Waals surface area (Å²) in [6.45, 7) is 9.12. The number of halogens is 1. The van der Waals surface area contributed by atoms with Crippen LogP contribution < -0.4 is 11.1 Å². The number of hydrogen-bond acceptors (Lipinski definition) is 3. The Hall–Kier alpha value is -1.64. The van der Waals surface area contributed by atoms with Crippen molar-refractivity contribution in [2.75, 3.05) is 0 Å². The summed E-state index contributed by atoms with van der Waals surface area (Å²) in [6, 6.07) is 4.33. The zero-order chi connectivity index (χ0) is 18.2. The number of nitrogens with two attached hydrogens (primary N) is 1. The van der Waals surface area contributed by atoms with Gasteiger partial charge in [0.05, 0.1) is 6.54 Å². The highest BCUT2D eigenvalue weighted by atomic mass is 127. The average molecular weight is 470 g/mol. The molecule has 7 heteroatoms. The Bertz CT molecular complexity index is 678. The molecule has 0 saturated carbocycles. The van der Waals surface area contributed by atoms with Gasteiger partial charge >= 0.3 is 0 Å². The van der Waals surface area contributed by atoms with Crippen LogP contribution in [0.4, 0.5) is 0 Å². The molecule has 26 heavy (non-hydrogen) atoms. The number of nitrogens with one attached hydrogen (secondary N) is 1. The van der Waals surface area contributed by atoms with Crippen molar-refractivity contribution < 1.29 is 0 Å². The van der Waals surface area contributed by atoms with Gasteiger partial charge in [-0.15, -0.1) is 24.0 Å². The van der Waals surface area contributed by atoms with Crippen molar-refractivity contribution in [3.63, 3.8) is 0 Å². The molecule has 0 aromatic carbocycles. The van der Waals surface area contributed by atoms with E-state index in [9.17, 15) is 0 Å². The van der Waals surface area contributed by atoms with Gasteiger partial charge in [0.2, 0.25) is 0 Å². The predicted octanol–water partition coefficient (Wildman–Crippen LogP) is 3.81. The van der Waals surface area contributed by atoms with Crippen molar-refractivity contribution in [2.45, 2.75) is 59.5 Å². The van der Waals surface area contributed by atoms with Crippen LogP contribution in [0.25, 0.3) is 5.82 Å². The second-order valence-electron chi connectivity index (χ2n) is 6.94. The highest BCUT2D eigenvalue weighted by molar-refractivity contribution is 14.0. The van der Waals surface area contributed by atoms with E-state index in [1.165, 1.54) is 12.8 Å². The second kappa shape index (κ2) is 11.2. The molecule has 0 aliphatic heterocycles. The second-order valence-corrected chi connectivity index (χ2v) is 6.94. The standard InChI is InChI=1S/C19H30N6.HI/c1-14(2)6-5-7-15(3)24-19(20)23-13-17-8-9-18(22-12-17)25-11-10-21-16(25)4;/h8-12,14-15H,5-7,13H2,1-4H3,(H3,20,23,24);1H. The molecule has 0 spiro atoms. The fourth-order valence-electron chi connectivity index (χ4n) is 2.65. The molecule has 2 aromatic heterocycles. The Morgan fingerprint density at radius 1 is 1.23 bits per heavy atom. The van der Waals surface area contributed by atoms with Crippen LogP contribution in [0, 0.1) is 12.8 Å². The van der Waals surface area contributed by atoms with E-state index < -0.39 is 0 Å². The molecule has 1 unspecified atom stereocenters. The van der Waals surface area contributed by atoms with Gasteiger partial charge in [0.15, 0.2) is 5.96 Å². The third-order valence-electron chi connectivity index (χ3n) is 4.13. The molecule has 6 nitrogen and oxygen atoms in total. The zero-order valence-electron chi connectivity index (χ0n) is 16.1. The largest absolute Gasteiger partial charge is 0.370 e. The highest BCUT2D eigenvalue weighted by Gasteiger charge is 2.05. The van der Waals surface area contributed by atoms with Crippen LogP contribution in [0.3, 0.4) is 0 Å². The van der Waals surface area contributed by atoms with E-state index >= 15 is 0 Å². The lowest BCUT2D eigenvalue weighted by atomic mass is 10.0. The summed E-state index contributed by atoms with van der Waals surface area (Å²) >= 11 is 0. The van der Waals surface area contributed by atoms with Crippen LogP contribution >= 0.6 is 24.0 Å². The number of imidazole rings is 1. The summed E-state index contributed by atoms with van der Waals surface area (Å²) in [6.07, 6.45) is 9.06. The summed E-state index contributed by atoms with van der Waals surface area (Å²) in [5, 5.41) is 3.26. The van der Waals surface area contributed by atoms with Crippen LogP contribution in [0.1, 0.15) is 51.4 Å². The van der Waals surface area contributed by atoms with E-state index in [1.807, 2.05) is 36.0 Å². The zero-order valence-corrected chi connectivity index (χ0v) is 18.5. The molecule has 0 aliphatic rings. The van der Waals surface area contributed by atoms with Gasteiger partial charge < -0.3 is 11.1 Å². The van der Waals surface area contributed by atoms with Crippen molar-refractivity contribution in [1.82, 2.24) is 19.9 Å². The monoisotopic (exact) mass is 470 g/mol. The number of aromatic nitrogens is 3. The molecular formula is C19H31IN6. The lowest BCUT2D eigenvalue weighted by Gasteiger charge is -2.15. The van der Waals surface area contributed by atoms with Gasteiger partial charge in [-0.3, -0.25) is 4.57 Å². The van der Waals surface area contributed by atoms with Crippen molar-refractivity contribution in [3.8, 4) is 5.82 Å². The molecule has 0 saturated heterocycles. The minimum absolute atomic E-state index is 0. The van der Waals surface area contributed by atoms with Gasteiger partial charge in [0.25, 0.3) is 0 Å². The fourth-order valence-corrected chi connectivity index (χ4v) is 2.65. The van der Waals surface area contributed by atoms with Gasteiger partial charge in [0.1, 0.15) is 11.6 Å². The molecule has 2 rings (SSSR count). The smallest absolute Gasteiger partial charge is 0.189 e. The van der Waals surface area contributed by atoms with E-state index in [-0.39, 0.29) is 24.0 Å². The maximum absolute atomic E-state index is 5.99. The maximum Gasteiger partial charge on any atom is 0.189 e. The van der Waals surface area contributed by atoms with Crippen LogP contribution in [0.2, 0.25) is 0 Å². The first-order valence-corrected chi connectivity index (χ1v) is 8.97. The summed E-state index contributed by atoms with van der Waals surface area (Å²) in [7, 11) is 0. The van der Waals surface area contributed by atoms with Crippen molar-refractivity contribution in [1.29, 1.82) is 0 Å². The molecule has 0 aliphatic carbocycles. The normalized spacial score (nSPS) is 12.7. The molecule has 2 aromatic rings. The van der Waals surface area contributed by atoms with Gasteiger partial charge in [-0.05, 0) is 37.8 Å². The van der Waals surface area contributed by atoms with E-state index in [1.54, 1.807) is 6.20 Å². The third-order valence-corrected chi connectivity index (χ3v) is 4.13. The number of nitrogens with zero attached hydrogens (tertiary/aromatic N) is 4. The first-order valence-electron chi connectivity index (χ1n) is 8.97. The molecule has 0 radical (unpaired) electrons. The van der Waals surface area contributed by atoms with Crippen molar-refractivity contribution >= 4 is 29.9 Å². The summed E-state index contributed by atoms with van der Waals surface area (Å²) in [5.74, 6) is 3.01. The van der Waals surface area contributed by atoms with Crippen LogP contribution in [0.5, 0.6) is 0 Å². The number of hydrogen-bond donors (Lipinski definition) is 2. The number of aryl methyl sites for hydroxylation is 1. The molecule has 0 fully saturated rings. The minimum atomic E-state index is 0. The number of pyridine rings is 1. The molecule has 1 atom stereocenters. The first kappa shape index (κ1) is 22.4. The van der Waals surface area contributed by atoms with Gasteiger partial charge in [-0.25, -0.2) is 15.0 Å². The quantitative estimate of drug-likeness (QED) is 0.349. The summed E-state index contributed by atoms with van der Waals surface area (Å²) < 4.78 is 1.95. The maximum atomic E-state index is 5.99. The van der Waals surface area contributed by atoms with E-state index in [4.69, 9.17) is 5.73 Å². The lowest BCUT2D eigenvalue weighted by Crippen LogP contribution is -2.38. The predicted molar refractivity (Wildman–Crippen MR) is 118 cm³/mol. The molecular weight excluding hydrogens is 439 g/mol. The Morgan fingerprint density at radius 2 is 2.00 bits per heavy atom. The number of rotatable bonds is 8. The molecule has 0 bridgehead atoms. The van der Waals surface area contributed by atoms with Gasteiger partial charge in [-0.2, -0.15) is 0 Å². The van der Waals surface area contributed by atoms with Gasteiger partial charge in [-0.1, -0.05) is 32.8 Å². The van der Waals surface area contributed by atoms with Crippen LogP contribution in [-0.4, -0.2) is 26.5 Å². The Morgan fingerprint density at radius 3 is 2.58 bits per heavy atom. The van der Waals surface area contributed by atoms with E-state index in [0.29, 0.717) is 18.5 Å². The Labute approximate surface area is 173 Å². The Kier molecular flexibility index (Phi) is 9.61. The first-order chi connectivity index (χ1) is 12.0. The van der Waals surface area contributed by atoms with Crippen LogP contribution in [0.15, 0.2) is 35.7 Å². The molecule has 3 N–H and O–H groups in total. The average Bonchev–Trinajstić information content (AvgIpc) is 2.99. The van der Waals surface area contributed by atoms with Crippen molar-refractivity contribution in [3.05, 3.63) is 42.1 Å². The van der Waals surface area contributed by atoms with E-state index in [2.05, 4.69) is 41.0 Å². The SMILES string of the molecule is Cc1nccn1-c1ccc(CN=C(N)NC(C)CCCC(C)C)cn1.I. The fraction of sp³-hybridized carbons (Fsp3) is 0.526. The highest BCUT2D eigenvalue weighted by Crippen LogP contribution is 2.10. The topological polar surface area (TPSA) is 81.1 Å². The number of aliphatic imine (C=N–C) groups is 1. The summed E-state index contributed by atoms with van der Waals surface area (Å²) in [4.78, 5) is 13.1. The molecule has 0 amide bonds. The van der Waals surface area contributed by atoms with Crippen LogP contribution in [-0.2, 0) is 6.54 Å². The lowest BCUT2D eigenvalue weighted by molar-refractivity contribution is 0.493. The number of guanidine groups is 1. The minimum Gasteiger partial charge on any atom is -0.370 e. The summed E-state index contributed by atoms with van der Waals surface area (Å²) in [5.41, 5.74) is 7.01. The third kappa shape index (κ3) is 7.31. The van der Waals surface area contributed by atoms with E-state index in [0.717, 1.165) is 29.5 Å². The van der Waals surface area contributed by atoms with Gasteiger partial charge in [0, 0.05) is 24.6 Å². The molecule has 2 heterocycles.